The van der Waals surface area contributed by atoms with Gasteiger partial charge in [-0.1, -0.05) is 13.0 Å². The molecule has 0 bridgehead atoms. The van der Waals surface area contributed by atoms with Gasteiger partial charge in [0.1, 0.15) is 5.82 Å². The van der Waals surface area contributed by atoms with Crippen molar-refractivity contribution in [2.45, 2.75) is 19.8 Å². The maximum absolute atomic E-state index is 13.1. The molecule has 5 heteroatoms. The second kappa shape index (κ2) is 7.66. The van der Waals surface area contributed by atoms with E-state index in [1.54, 1.807) is 0 Å². The molecule has 4 nitrogen and oxygen atoms in total. The molecule has 1 aromatic carbocycles. The van der Waals surface area contributed by atoms with Crippen LogP contribution in [0.25, 0.3) is 0 Å². The number of para-hydroxylation sites is 1. The number of hydrogen-bond acceptors (Lipinski definition) is 3. The van der Waals surface area contributed by atoms with Crippen molar-refractivity contribution in [2.75, 3.05) is 25.5 Å². The Kier molecular flexibility index (Phi) is 6.14. The molecule has 0 spiro atoms. The highest BCUT2D eigenvalue weighted by atomic mass is 19.1. The molecule has 0 heterocycles. The number of ether oxygens (including phenoxy) is 1. The van der Waals surface area contributed by atoms with Crippen LogP contribution in [-0.2, 0) is 4.74 Å². The van der Waals surface area contributed by atoms with Crippen LogP contribution in [0, 0.1) is 5.82 Å². The van der Waals surface area contributed by atoms with Crippen molar-refractivity contribution >= 4 is 11.6 Å². The normalized spacial score (nSPS) is 10.3. The maximum atomic E-state index is 13.1. The van der Waals surface area contributed by atoms with E-state index in [1.807, 2.05) is 6.92 Å². The number of carbonyl (C=O) groups is 1. The first-order chi connectivity index (χ1) is 8.66. The standard InChI is InChI=1S/C13H19FN2O2/c1-2-8-18-9-4-7-16-13(17)10-5-3-6-11(14)12(10)15/h3,5-6H,2,4,7-9,15H2,1H3,(H,16,17). The first kappa shape index (κ1) is 14.4. The Bertz CT molecular complexity index is 397. The van der Waals surface area contributed by atoms with E-state index in [2.05, 4.69) is 5.32 Å². The zero-order valence-corrected chi connectivity index (χ0v) is 10.5. The lowest BCUT2D eigenvalue weighted by molar-refractivity contribution is 0.0942. The van der Waals surface area contributed by atoms with Gasteiger partial charge in [-0.25, -0.2) is 4.39 Å². The second-order valence-electron chi connectivity index (χ2n) is 3.92. The van der Waals surface area contributed by atoms with Crippen LogP contribution in [0.2, 0.25) is 0 Å². The Morgan fingerprint density at radius 1 is 1.44 bits per heavy atom. The SMILES string of the molecule is CCCOCCCNC(=O)c1cccc(F)c1N. The van der Waals surface area contributed by atoms with Crippen LogP contribution in [0.15, 0.2) is 18.2 Å². The van der Waals surface area contributed by atoms with Gasteiger partial charge in [-0.05, 0) is 25.0 Å². The number of nitrogens with one attached hydrogen (secondary N) is 1. The summed E-state index contributed by atoms with van der Waals surface area (Å²) in [5, 5.41) is 2.68. The monoisotopic (exact) mass is 254 g/mol. The highest BCUT2D eigenvalue weighted by Crippen LogP contribution is 2.15. The lowest BCUT2D eigenvalue weighted by Crippen LogP contribution is -2.26. The molecule has 1 rings (SSSR count). The predicted molar refractivity (Wildman–Crippen MR) is 68.9 cm³/mol. The average molecular weight is 254 g/mol. The predicted octanol–water partition coefficient (Wildman–Crippen LogP) is 1.95. The Labute approximate surface area is 106 Å². The molecule has 100 valence electrons. The van der Waals surface area contributed by atoms with Crippen LogP contribution in [0.5, 0.6) is 0 Å². The topological polar surface area (TPSA) is 64.3 Å². The Morgan fingerprint density at radius 3 is 2.94 bits per heavy atom. The Morgan fingerprint density at radius 2 is 2.22 bits per heavy atom. The van der Waals surface area contributed by atoms with Gasteiger partial charge in [0.05, 0.1) is 11.3 Å². The van der Waals surface area contributed by atoms with Crippen LogP contribution in [0.4, 0.5) is 10.1 Å². The Balaban J connectivity index is 2.35. The third-order valence-electron chi connectivity index (χ3n) is 2.40. The first-order valence-electron chi connectivity index (χ1n) is 6.06. The van der Waals surface area contributed by atoms with Gasteiger partial charge in [-0.2, -0.15) is 0 Å². The summed E-state index contributed by atoms with van der Waals surface area (Å²) in [6.07, 6.45) is 1.70. The molecule has 1 aromatic rings. The summed E-state index contributed by atoms with van der Waals surface area (Å²) in [4.78, 5) is 11.7. The van der Waals surface area contributed by atoms with Crippen LogP contribution >= 0.6 is 0 Å². The zero-order valence-electron chi connectivity index (χ0n) is 10.5. The van der Waals surface area contributed by atoms with E-state index in [1.165, 1.54) is 18.2 Å². The average Bonchev–Trinajstić information content (AvgIpc) is 2.36. The van der Waals surface area contributed by atoms with Gasteiger partial charge in [-0.15, -0.1) is 0 Å². The largest absolute Gasteiger partial charge is 0.396 e. The smallest absolute Gasteiger partial charge is 0.253 e. The molecular formula is C13H19FN2O2. The third kappa shape index (κ3) is 4.33. The van der Waals surface area contributed by atoms with E-state index < -0.39 is 5.82 Å². The van der Waals surface area contributed by atoms with E-state index in [0.29, 0.717) is 13.2 Å². The summed E-state index contributed by atoms with van der Waals surface area (Å²) in [5.41, 5.74) is 5.55. The van der Waals surface area contributed by atoms with E-state index >= 15 is 0 Å². The van der Waals surface area contributed by atoms with Gasteiger partial charge in [0.25, 0.3) is 5.91 Å². The highest BCUT2D eigenvalue weighted by Gasteiger charge is 2.11. The van der Waals surface area contributed by atoms with Gasteiger partial charge >= 0.3 is 0 Å². The van der Waals surface area contributed by atoms with Gasteiger partial charge in [0.15, 0.2) is 0 Å². The second-order valence-corrected chi connectivity index (χ2v) is 3.92. The number of carbonyl (C=O) groups excluding carboxylic acids is 1. The number of nitrogen functional groups attached to an aromatic ring is 1. The van der Waals surface area contributed by atoms with E-state index in [-0.39, 0.29) is 17.2 Å². The molecule has 0 aliphatic carbocycles. The van der Waals surface area contributed by atoms with Crippen molar-refractivity contribution in [3.63, 3.8) is 0 Å². The molecule has 0 unspecified atom stereocenters. The fourth-order valence-corrected chi connectivity index (χ4v) is 1.45. The molecule has 0 saturated heterocycles. The molecule has 3 N–H and O–H groups in total. The third-order valence-corrected chi connectivity index (χ3v) is 2.40. The minimum Gasteiger partial charge on any atom is -0.396 e. The molecule has 18 heavy (non-hydrogen) atoms. The molecule has 1 amide bonds. The van der Waals surface area contributed by atoms with Crippen molar-refractivity contribution < 1.29 is 13.9 Å². The number of nitrogens with two attached hydrogens (primary N) is 1. The van der Waals surface area contributed by atoms with Crippen molar-refractivity contribution in [3.8, 4) is 0 Å². The van der Waals surface area contributed by atoms with E-state index in [4.69, 9.17) is 10.5 Å². The van der Waals surface area contributed by atoms with Gasteiger partial charge in [0, 0.05) is 19.8 Å². The molecule has 0 saturated carbocycles. The summed E-state index contributed by atoms with van der Waals surface area (Å²) in [7, 11) is 0. The number of benzene rings is 1. The number of rotatable bonds is 7. The van der Waals surface area contributed by atoms with Crippen LogP contribution in [-0.4, -0.2) is 25.7 Å². The Hall–Kier alpha value is -1.62. The summed E-state index contributed by atoms with van der Waals surface area (Å²) in [5.74, 6) is -0.934. The van der Waals surface area contributed by atoms with Crippen molar-refractivity contribution in [1.82, 2.24) is 5.32 Å². The van der Waals surface area contributed by atoms with Crippen molar-refractivity contribution in [1.29, 1.82) is 0 Å². The number of amides is 1. The number of anilines is 1. The first-order valence-corrected chi connectivity index (χ1v) is 6.06. The molecule has 0 aromatic heterocycles. The van der Waals surface area contributed by atoms with Crippen LogP contribution in [0.1, 0.15) is 30.1 Å². The lowest BCUT2D eigenvalue weighted by Gasteiger charge is -2.08. The van der Waals surface area contributed by atoms with Gasteiger partial charge in [-0.3, -0.25) is 4.79 Å². The molecular weight excluding hydrogens is 235 g/mol. The molecule has 0 atom stereocenters. The number of halogens is 1. The van der Waals surface area contributed by atoms with Crippen LogP contribution < -0.4 is 11.1 Å². The fourth-order valence-electron chi connectivity index (χ4n) is 1.45. The zero-order chi connectivity index (χ0) is 13.4. The maximum Gasteiger partial charge on any atom is 0.253 e. The summed E-state index contributed by atoms with van der Waals surface area (Å²) in [6, 6.07) is 4.19. The summed E-state index contributed by atoms with van der Waals surface area (Å²) >= 11 is 0. The highest BCUT2D eigenvalue weighted by molar-refractivity contribution is 5.99. The van der Waals surface area contributed by atoms with Gasteiger partial charge in [0.2, 0.25) is 0 Å². The summed E-state index contributed by atoms with van der Waals surface area (Å²) in [6.45, 7) is 3.85. The number of hydrogen-bond donors (Lipinski definition) is 2. The van der Waals surface area contributed by atoms with Gasteiger partial charge < -0.3 is 15.8 Å². The van der Waals surface area contributed by atoms with Crippen LogP contribution in [0.3, 0.4) is 0 Å². The van der Waals surface area contributed by atoms with Crippen molar-refractivity contribution in [3.05, 3.63) is 29.6 Å². The lowest BCUT2D eigenvalue weighted by atomic mass is 10.1. The van der Waals surface area contributed by atoms with E-state index in [0.717, 1.165) is 19.4 Å². The van der Waals surface area contributed by atoms with Crippen molar-refractivity contribution in [2.24, 2.45) is 0 Å². The quantitative estimate of drug-likeness (QED) is 0.577. The summed E-state index contributed by atoms with van der Waals surface area (Å²) < 4.78 is 18.4. The fraction of sp³-hybridized carbons (Fsp3) is 0.462. The molecule has 0 fully saturated rings. The minimum absolute atomic E-state index is 0.114. The molecule has 0 radical (unpaired) electrons. The molecule has 0 aliphatic rings. The minimum atomic E-state index is -0.575. The molecule has 0 aliphatic heterocycles. The van der Waals surface area contributed by atoms with E-state index in [9.17, 15) is 9.18 Å².